The number of aromatic nitrogens is 2. The van der Waals surface area contributed by atoms with Crippen molar-refractivity contribution in [2.75, 3.05) is 7.11 Å². The van der Waals surface area contributed by atoms with Gasteiger partial charge in [-0.1, -0.05) is 60.8 Å². The second kappa shape index (κ2) is 10.8. The average Bonchev–Trinajstić information content (AvgIpc) is 2.83. The second-order valence-electron chi connectivity index (χ2n) is 7.34. The van der Waals surface area contributed by atoms with E-state index < -0.39 is 0 Å². The lowest BCUT2D eigenvalue weighted by atomic mass is 10.2. The van der Waals surface area contributed by atoms with Gasteiger partial charge < -0.3 is 9.47 Å². The van der Waals surface area contributed by atoms with E-state index in [0.29, 0.717) is 41.3 Å². The highest BCUT2D eigenvalue weighted by Crippen LogP contribution is 2.30. The summed E-state index contributed by atoms with van der Waals surface area (Å²) in [5, 5.41) is 4.94. The van der Waals surface area contributed by atoms with Crippen LogP contribution in [0.25, 0.3) is 10.9 Å². The number of rotatable bonds is 7. The summed E-state index contributed by atoms with van der Waals surface area (Å²) >= 11 is 10.4. The molecule has 0 aliphatic rings. The molecule has 0 bridgehead atoms. The molecule has 6 nitrogen and oxygen atoms in total. The molecule has 0 fully saturated rings. The summed E-state index contributed by atoms with van der Waals surface area (Å²) in [6.07, 6.45) is 2.18. The summed E-state index contributed by atoms with van der Waals surface area (Å²) in [5.41, 5.74) is 2.21. The minimum Gasteiger partial charge on any atom is -0.493 e. The molecule has 1 heterocycles. The lowest BCUT2D eigenvalue weighted by molar-refractivity contribution is 0.284. The molecule has 4 rings (SSSR count). The first-order chi connectivity index (χ1) is 16.4. The van der Waals surface area contributed by atoms with Gasteiger partial charge in [0.1, 0.15) is 12.4 Å². The van der Waals surface area contributed by atoms with Crippen LogP contribution in [0.2, 0.25) is 0 Å². The average molecular weight is 650 g/mol. The zero-order valence-corrected chi connectivity index (χ0v) is 23.1. The van der Waals surface area contributed by atoms with Gasteiger partial charge in [-0.3, -0.25) is 4.79 Å². The van der Waals surface area contributed by atoms with Crippen molar-refractivity contribution in [2.45, 2.75) is 20.0 Å². The fourth-order valence-corrected chi connectivity index (χ4v) is 4.87. The molecule has 4 aromatic rings. The molecular formula is C25H20Br3N3O3. The van der Waals surface area contributed by atoms with Gasteiger partial charge in [-0.15, -0.1) is 0 Å². The van der Waals surface area contributed by atoms with Crippen molar-refractivity contribution in [1.29, 1.82) is 0 Å². The van der Waals surface area contributed by atoms with E-state index in [1.807, 2.05) is 55.5 Å². The maximum atomic E-state index is 13.1. The second-order valence-corrected chi connectivity index (χ2v) is 10.0. The molecule has 0 spiro atoms. The van der Waals surface area contributed by atoms with Crippen molar-refractivity contribution in [3.63, 3.8) is 0 Å². The minimum atomic E-state index is -0.216. The molecule has 0 amide bonds. The summed E-state index contributed by atoms with van der Waals surface area (Å²) in [7, 11) is 1.59. The fourth-order valence-electron chi connectivity index (χ4n) is 3.35. The normalized spacial score (nSPS) is 11.3. The molecule has 0 N–H and O–H groups in total. The summed E-state index contributed by atoms with van der Waals surface area (Å²) < 4.78 is 15.6. The van der Waals surface area contributed by atoms with Crippen molar-refractivity contribution >= 4 is 64.9 Å². The van der Waals surface area contributed by atoms with E-state index >= 15 is 0 Å². The van der Waals surface area contributed by atoms with Crippen LogP contribution in [0.5, 0.6) is 11.5 Å². The first kappa shape index (κ1) is 24.6. The monoisotopic (exact) mass is 647 g/mol. The number of nitrogens with zero attached hydrogens (tertiary/aromatic N) is 3. The number of aryl methyl sites for hydroxylation is 1. The predicted octanol–water partition coefficient (Wildman–Crippen LogP) is 6.72. The van der Waals surface area contributed by atoms with Gasteiger partial charge in [0, 0.05) is 25.4 Å². The molecule has 9 heteroatoms. The number of fused-ring (bicyclic) bond motifs is 1. The summed E-state index contributed by atoms with van der Waals surface area (Å²) in [6.45, 7) is 2.32. The van der Waals surface area contributed by atoms with Crippen LogP contribution in [0.3, 0.4) is 0 Å². The Bertz CT molecular complexity index is 1450. The van der Waals surface area contributed by atoms with Crippen LogP contribution in [0.15, 0.2) is 77.9 Å². The largest absolute Gasteiger partial charge is 0.493 e. The Labute approximate surface area is 222 Å². The van der Waals surface area contributed by atoms with E-state index in [1.54, 1.807) is 19.4 Å². The number of benzene rings is 3. The quantitative estimate of drug-likeness (QED) is 0.209. The molecule has 1 aromatic heterocycles. The van der Waals surface area contributed by atoms with Crippen molar-refractivity contribution in [1.82, 2.24) is 9.66 Å². The van der Waals surface area contributed by atoms with Crippen LogP contribution in [0.1, 0.15) is 23.9 Å². The molecule has 0 saturated heterocycles. The van der Waals surface area contributed by atoms with Crippen LogP contribution in [0.4, 0.5) is 0 Å². The highest BCUT2D eigenvalue weighted by Gasteiger charge is 2.11. The Balaban J connectivity index is 1.61. The number of methoxy groups -OCH3 is 1. The van der Waals surface area contributed by atoms with Crippen LogP contribution in [-0.2, 0) is 13.0 Å². The third-order valence-electron chi connectivity index (χ3n) is 5.10. The van der Waals surface area contributed by atoms with Gasteiger partial charge in [-0.25, -0.2) is 4.98 Å². The number of halogens is 3. The van der Waals surface area contributed by atoms with Crippen molar-refractivity contribution in [3.05, 3.63) is 95.3 Å². The maximum absolute atomic E-state index is 13.1. The molecule has 0 saturated carbocycles. The van der Waals surface area contributed by atoms with E-state index in [4.69, 9.17) is 9.47 Å². The maximum Gasteiger partial charge on any atom is 0.282 e. The van der Waals surface area contributed by atoms with Gasteiger partial charge in [0.05, 0.1) is 24.2 Å². The van der Waals surface area contributed by atoms with E-state index in [-0.39, 0.29) is 5.56 Å². The first-order valence-corrected chi connectivity index (χ1v) is 12.8. The number of hydrogen-bond acceptors (Lipinski definition) is 5. The zero-order chi connectivity index (χ0) is 24.2. The highest BCUT2D eigenvalue weighted by molar-refractivity contribution is 9.11. The summed E-state index contributed by atoms with van der Waals surface area (Å²) in [6, 6.07) is 16.9. The SMILES string of the molecule is CCc1nc2ccc(Br)cc2c(=O)n1N=Cc1ccc(OCc2ccc(Br)cc2Br)c(OC)c1. The van der Waals surface area contributed by atoms with Crippen molar-refractivity contribution in [3.8, 4) is 11.5 Å². The van der Waals surface area contributed by atoms with E-state index in [1.165, 1.54) is 4.68 Å². The van der Waals surface area contributed by atoms with Gasteiger partial charge >= 0.3 is 0 Å². The molecule has 0 unspecified atom stereocenters. The van der Waals surface area contributed by atoms with Gasteiger partial charge in [-0.2, -0.15) is 9.78 Å². The van der Waals surface area contributed by atoms with Crippen LogP contribution in [0, 0.1) is 0 Å². The number of hydrogen-bond donors (Lipinski definition) is 0. The highest BCUT2D eigenvalue weighted by atomic mass is 79.9. The van der Waals surface area contributed by atoms with Gasteiger partial charge in [0.2, 0.25) is 0 Å². The third-order valence-corrected chi connectivity index (χ3v) is 6.82. The summed E-state index contributed by atoms with van der Waals surface area (Å²) in [4.78, 5) is 17.7. The minimum absolute atomic E-state index is 0.216. The first-order valence-electron chi connectivity index (χ1n) is 10.4. The van der Waals surface area contributed by atoms with E-state index in [0.717, 1.165) is 24.5 Å². The topological polar surface area (TPSA) is 65.7 Å². The summed E-state index contributed by atoms with van der Waals surface area (Å²) in [5.74, 6) is 1.77. The van der Waals surface area contributed by atoms with Crippen LogP contribution >= 0.6 is 47.8 Å². The lowest BCUT2D eigenvalue weighted by Crippen LogP contribution is -2.22. The molecule has 0 atom stereocenters. The molecule has 0 aliphatic heterocycles. The zero-order valence-electron chi connectivity index (χ0n) is 18.4. The van der Waals surface area contributed by atoms with E-state index in [2.05, 4.69) is 57.9 Å². The Kier molecular flexibility index (Phi) is 7.85. The Morgan fingerprint density at radius 2 is 1.76 bits per heavy atom. The third kappa shape index (κ3) is 5.42. The fraction of sp³-hybridized carbons (Fsp3) is 0.160. The number of ether oxygens (including phenoxy) is 2. The molecule has 174 valence electrons. The molecule has 0 radical (unpaired) electrons. The predicted molar refractivity (Wildman–Crippen MR) is 145 cm³/mol. The van der Waals surface area contributed by atoms with E-state index in [9.17, 15) is 4.79 Å². The molecular weight excluding hydrogens is 630 g/mol. The Hall–Kier alpha value is -2.49. The van der Waals surface area contributed by atoms with Crippen molar-refractivity contribution < 1.29 is 9.47 Å². The van der Waals surface area contributed by atoms with Crippen LogP contribution < -0.4 is 15.0 Å². The molecule has 0 aliphatic carbocycles. The van der Waals surface area contributed by atoms with Gasteiger partial charge in [-0.05, 0) is 54.1 Å². The smallest absolute Gasteiger partial charge is 0.282 e. The van der Waals surface area contributed by atoms with Gasteiger partial charge in [0.15, 0.2) is 11.5 Å². The molecule has 3 aromatic carbocycles. The van der Waals surface area contributed by atoms with Crippen LogP contribution in [-0.4, -0.2) is 23.0 Å². The van der Waals surface area contributed by atoms with Gasteiger partial charge in [0.25, 0.3) is 5.56 Å². The lowest BCUT2D eigenvalue weighted by Gasteiger charge is -2.12. The Morgan fingerprint density at radius 3 is 2.50 bits per heavy atom. The van der Waals surface area contributed by atoms with Crippen molar-refractivity contribution in [2.24, 2.45) is 5.10 Å². The standard InChI is InChI=1S/C25H20Br3N3O3/c1-3-24-30-21-8-7-17(26)11-19(21)25(32)31(24)29-13-15-4-9-22(23(10-15)33-2)34-14-16-5-6-18(27)12-20(16)28/h4-13H,3,14H2,1-2H3. The Morgan fingerprint density at radius 1 is 1.00 bits per heavy atom. The molecule has 34 heavy (non-hydrogen) atoms.